The second-order valence-corrected chi connectivity index (χ2v) is 7.86. The Balaban J connectivity index is 1.70. The van der Waals surface area contributed by atoms with E-state index in [0.29, 0.717) is 29.1 Å². The van der Waals surface area contributed by atoms with Crippen molar-refractivity contribution < 1.29 is 19.1 Å². The summed E-state index contributed by atoms with van der Waals surface area (Å²) >= 11 is 0. The van der Waals surface area contributed by atoms with Crippen molar-refractivity contribution in [3.05, 3.63) is 53.6 Å². The number of rotatable bonds is 6. The highest BCUT2D eigenvalue weighted by atomic mass is 16.5. The quantitative estimate of drug-likeness (QED) is 0.660. The van der Waals surface area contributed by atoms with Gasteiger partial charge in [0.1, 0.15) is 0 Å². The van der Waals surface area contributed by atoms with Gasteiger partial charge in [0, 0.05) is 44.2 Å². The molecule has 0 radical (unpaired) electrons. The summed E-state index contributed by atoms with van der Waals surface area (Å²) in [5.41, 5.74) is 2.84. The van der Waals surface area contributed by atoms with Gasteiger partial charge in [-0.1, -0.05) is 0 Å². The fraction of sp³-hybridized carbons (Fsp3) is 0.375. The van der Waals surface area contributed by atoms with Gasteiger partial charge in [0.25, 0.3) is 5.91 Å². The van der Waals surface area contributed by atoms with E-state index in [4.69, 9.17) is 4.74 Å². The molecule has 170 valence electrons. The summed E-state index contributed by atoms with van der Waals surface area (Å²) in [5.74, 6) is -0.428. The molecular formula is C24H30N4O4. The molecule has 2 aromatic carbocycles. The molecule has 3 amide bonds. The van der Waals surface area contributed by atoms with Crippen LogP contribution in [0, 0.1) is 0 Å². The lowest BCUT2D eigenvalue weighted by molar-refractivity contribution is 0.0526. The maximum Gasteiger partial charge on any atom is 0.338 e. The van der Waals surface area contributed by atoms with Gasteiger partial charge < -0.3 is 25.2 Å². The highest BCUT2D eigenvalue weighted by Gasteiger charge is 2.22. The van der Waals surface area contributed by atoms with Crippen molar-refractivity contribution in [3.63, 3.8) is 0 Å². The van der Waals surface area contributed by atoms with Gasteiger partial charge in [-0.15, -0.1) is 0 Å². The fourth-order valence-corrected chi connectivity index (χ4v) is 3.64. The van der Waals surface area contributed by atoms with Crippen molar-refractivity contribution in [1.82, 2.24) is 4.90 Å². The molecule has 1 saturated heterocycles. The van der Waals surface area contributed by atoms with Gasteiger partial charge in [0.2, 0.25) is 0 Å². The molecule has 3 rings (SSSR count). The largest absolute Gasteiger partial charge is 0.462 e. The van der Waals surface area contributed by atoms with Crippen molar-refractivity contribution in [2.75, 3.05) is 49.3 Å². The Kier molecular flexibility index (Phi) is 7.70. The molecule has 0 aliphatic carbocycles. The van der Waals surface area contributed by atoms with Crippen LogP contribution in [0.15, 0.2) is 42.5 Å². The second kappa shape index (κ2) is 10.7. The minimum Gasteiger partial charge on any atom is -0.462 e. The number of benzene rings is 2. The first-order valence-electron chi connectivity index (χ1n) is 10.8. The molecule has 1 fully saturated rings. The van der Waals surface area contributed by atoms with Crippen molar-refractivity contribution in [3.8, 4) is 0 Å². The molecular weight excluding hydrogens is 408 g/mol. The number of nitrogens with one attached hydrogen (secondary N) is 2. The smallest absolute Gasteiger partial charge is 0.338 e. The molecule has 0 unspecified atom stereocenters. The zero-order valence-electron chi connectivity index (χ0n) is 18.8. The van der Waals surface area contributed by atoms with E-state index in [1.54, 1.807) is 43.3 Å². The number of likely N-dealkylation sites (tertiary alicyclic amines) is 1. The number of carbonyl (C=O) groups excluding carboxylic acids is 3. The molecule has 2 N–H and O–H groups in total. The first kappa shape index (κ1) is 23.1. The first-order valence-corrected chi connectivity index (χ1v) is 10.8. The SMILES string of the molecule is CCOC(=O)c1ccc(NC(=O)Nc2ccc(N(C)C)c(C(=O)N3CCCCC3)c2)cc1. The van der Waals surface area contributed by atoms with Crippen LogP contribution in [0.5, 0.6) is 0 Å². The van der Waals surface area contributed by atoms with Crippen LogP contribution in [-0.2, 0) is 4.74 Å². The highest BCUT2D eigenvalue weighted by Crippen LogP contribution is 2.26. The molecule has 0 bridgehead atoms. The van der Waals surface area contributed by atoms with Crippen LogP contribution in [0.25, 0.3) is 0 Å². The van der Waals surface area contributed by atoms with Gasteiger partial charge in [0.05, 0.1) is 17.7 Å². The summed E-state index contributed by atoms with van der Waals surface area (Å²) in [6.45, 7) is 3.56. The van der Waals surface area contributed by atoms with Crippen LogP contribution < -0.4 is 15.5 Å². The Hall–Kier alpha value is -3.55. The van der Waals surface area contributed by atoms with Gasteiger partial charge in [-0.3, -0.25) is 4.79 Å². The van der Waals surface area contributed by atoms with Crippen LogP contribution in [0.2, 0.25) is 0 Å². The predicted molar refractivity (Wildman–Crippen MR) is 126 cm³/mol. The van der Waals surface area contributed by atoms with Gasteiger partial charge >= 0.3 is 12.0 Å². The van der Waals surface area contributed by atoms with Crippen molar-refractivity contribution in [1.29, 1.82) is 0 Å². The number of anilines is 3. The lowest BCUT2D eigenvalue weighted by atomic mass is 10.1. The monoisotopic (exact) mass is 438 g/mol. The molecule has 1 aliphatic heterocycles. The molecule has 0 atom stereocenters. The average molecular weight is 439 g/mol. The minimum absolute atomic E-state index is 0.0213. The molecule has 2 aromatic rings. The number of ether oxygens (including phenoxy) is 1. The highest BCUT2D eigenvalue weighted by molar-refractivity contribution is 6.04. The molecule has 0 saturated carbocycles. The summed E-state index contributed by atoms with van der Waals surface area (Å²) < 4.78 is 4.96. The number of hydrogen-bond donors (Lipinski definition) is 2. The van der Waals surface area contributed by atoms with Crippen molar-refractivity contribution in [2.45, 2.75) is 26.2 Å². The van der Waals surface area contributed by atoms with E-state index in [0.717, 1.165) is 38.0 Å². The van der Waals surface area contributed by atoms with Crippen LogP contribution in [-0.4, -0.2) is 56.6 Å². The van der Waals surface area contributed by atoms with E-state index in [2.05, 4.69) is 10.6 Å². The number of hydrogen-bond acceptors (Lipinski definition) is 5. The molecule has 1 heterocycles. The Morgan fingerprint density at radius 3 is 2.19 bits per heavy atom. The molecule has 1 aliphatic rings. The van der Waals surface area contributed by atoms with E-state index in [1.165, 1.54) is 0 Å². The lowest BCUT2D eigenvalue weighted by Gasteiger charge is -2.28. The molecule has 0 aromatic heterocycles. The second-order valence-electron chi connectivity index (χ2n) is 7.86. The summed E-state index contributed by atoms with van der Waals surface area (Å²) in [6, 6.07) is 11.3. The van der Waals surface area contributed by atoms with Crippen LogP contribution in [0.1, 0.15) is 46.9 Å². The van der Waals surface area contributed by atoms with E-state index in [1.807, 2.05) is 30.0 Å². The fourth-order valence-electron chi connectivity index (χ4n) is 3.64. The van der Waals surface area contributed by atoms with Crippen LogP contribution in [0.4, 0.5) is 21.9 Å². The van der Waals surface area contributed by atoms with Crippen LogP contribution in [0.3, 0.4) is 0 Å². The van der Waals surface area contributed by atoms with E-state index in [9.17, 15) is 14.4 Å². The number of urea groups is 1. The zero-order valence-corrected chi connectivity index (χ0v) is 18.8. The molecule has 0 spiro atoms. The average Bonchev–Trinajstić information content (AvgIpc) is 2.79. The predicted octanol–water partition coefficient (Wildman–Crippen LogP) is 4.20. The van der Waals surface area contributed by atoms with E-state index < -0.39 is 12.0 Å². The third-order valence-electron chi connectivity index (χ3n) is 5.26. The van der Waals surface area contributed by atoms with Gasteiger partial charge in [-0.05, 0) is 68.7 Å². The number of esters is 1. The maximum atomic E-state index is 13.1. The minimum atomic E-state index is -0.442. The van der Waals surface area contributed by atoms with Crippen molar-refractivity contribution >= 4 is 35.0 Å². The number of amides is 3. The standard InChI is InChI=1S/C24H30N4O4/c1-4-32-23(30)17-8-10-18(11-9-17)25-24(31)26-19-12-13-21(27(2)3)20(16-19)22(29)28-14-6-5-7-15-28/h8-13,16H,4-7,14-15H2,1-3H3,(H2,25,26,31). The Morgan fingerprint density at radius 1 is 0.938 bits per heavy atom. The first-order chi connectivity index (χ1) is 15.4. The number of nitrogens with zero attached hydrogens (tertiary/aromatic N) is 2. The third kappa shape index (κ3) is 5.78. The van der Waals surface area contributed by atoms with Crippen LogP contribution >= 0.6 is 0 Å². The lowest BCUT2D eigenvalue weighted by Crippen LogP contribution is -2.36. The number of carbonyl (C=O) groups is 3. The topological polar surface area (TPSA) is 91.0 Å². The Bertz CT molecular complexity index is 966. The molecule has 8 heteroatoms. The zero-order chi connectivity index (χ0) is 23.1. The summed E-state index contributed by atoms with van der Waals surface area (Å²) in [4.78, 5) is 41.1. The van der Waals surface area contributed by atoms with E-state index >= 15 is 0 Å². The van der Waals surface area contributed by atoms with Gasteiger partial charge in [-0.25, -0.2) is 9.59 Å². The Labute approximate surface area is 188 Å². The normalized spacial score (nSPS) is 13.3. The van der Waals surface area contributed by atoms with E-state index in [-0.39, 0.29) is 5.91 Å². The summed E-state index contributed by atoms with van der Waals surface area (Å²) in [5, 5.41) is 5.51. The summed E-state index contributed by atoms with van der Waals surface area (Å²) in [6.07, 6.45) is 3.17. The maximum absolute atomic E-state index is 13.1. The summed E-state index contributed by atoms with van der Waals surface area (Å²) in [7, 11) is 3.78. The Morgan fingerprint density at radius 2 is 1.56 bits per heavy atom. The van der Waals surface area contributed by atoms with Gasteiger partial charge in [-0.2, -0.15) is 0 Å². The number of piperidine rings is 1. The third-order valence-corrected chi connectivity index (χ3v) is 5.26. The van der Waals surface area contributed by atoms with Gasteiger partial charge in [0.15, 0.2) is 0 Å². The molecule has 32 heavy (non-hydrogen) atoms. The van der Waals surface area contributed by atoms with Crippen molar-refractivity contribution in [2.24, 2.45) is 0 Å². The molecule has 8 nitrogen and oxygen atoms in total.